The molecule has 21 N–H and O–H groups in total. The summed E-state index contributed by atoms with van der Waals surface area (Å²) >= 11 is 0. The van der Waals surface area contributed by atoms with Gasteiger partial charge in [0.1, 0.15) is 128 Å². The zero-order valence-electron chi connectivity index (χ0n) is 28.2. The summed E-state index contributed by atoms with van der Waals surface area (Å²) in [5, 5.41) is 231. The number of hydrogen-bond acceptors (Lipinski definition) is 25. The van der Waals surface area contributed by atoms with Gasteiger partial charge in [0, 0.05) is 0 Å². The molecule has 0 amide bonds. The molecule has 24 atom stereocenters. The molecule has 0 aromatic heterocycles. The summed E-state index contributed by atoms with van der Waals surface area (Å²) in [6.45, 7) is -6.87. The lowest BCUT2D eigenvalue weighted by molar-refractivity contribution is -0.413. The molecule has 4 fully saturated rings. The topological polar surface area (TPSA) is 462 Å². The van der Waals surface area contributed by atoms with Crippen LogP contribution in [0, 0.1) is 0 Å². The highest BCUT2D eigenvalue weighted by Crippen LogP contribution is 2.54. The lowest BCUT2D eigenvalue weighted by Gasteiger charge is -2.64. The predicted octanol–water partition coefficient (Wildman–Crippen LogP) is -14.1. The van der Waals surface area contributed by atoms with Gasteiger partial charge in [-0.2, -0.15) is 0 Å². The van der Waals surface area contributed by atoms with Crippen molar-refractivity contribution in [3.8, 4) is 0 Å². The van der Waals surface area contributed by atoms with Gasteiger partial charge >= 0.3 is 0 Å². The monoisotopic (exact) mass is 800 g/mol. The highest BCUT2D eigenvalue weighted by Gasteiger charge is 2.82. The molecule has 318 valence electrons. The SMILES string of the molecule is OC[C@@H](O)[C@@H]1OC(C(O)(C2O[C@H](CO)[C@H](O)[C@H](O)[C@H]2O)[C@@](O)(C2O[C@H](CO)[C@@H](O)[C@H](O)[C@H]2O)[C@@](O)(C2O[C@@H]([C@H](O)CO)[C@H](O)[C@H]2O)[C@H](O)CO)[C@H](O)[C@H]1O. The lowest BCUT2D eigenvalue weighted by atomic mass is 9.55. The zero-order chi connectivity index (χ0) is 41.0. The highest BCUT2D eigenvalue weighted by atomic mass is 16.6. The molecule has 0 bridgehead atoms. The van der Waals surface area contributed by atoms with E-state index in [0.29, 0.717) is 0 Å². The molecule has 4 saturated heterocycles. The van der Waals surface area contributed by atoms with Crippen LogP contribution in [-0.4, -0.2) is 285 Å². The van der Waals surface area contributed by atoms with Gasteiger partial charge in [0.2, 0.25) is 0 Å². The minimum atomic E-state index is -4.57. The maximum Gasteiger partial charge on any atom is 0.161 e. The summed E-state index contributed by atoms with van der Waals surface area (Å²) in [5.41, 5.74) is -13.2. The maximum absolute atomic E-state index is 13.3. The van der Waals surface area contributed by atoms with E-state index in [4.69, 9.17) is 18.9 Å². The summed E-state index contributed by atoms with van der Waals surface area (Å²) in [4.78, 5) is 0. The van der Waals surface area contributed by atoms with Crippen LogP contribution in [0.5, 0.6) is 0 Å². The van der Waals surface area contributed by atoms with Crippen molar-refractivity contribution in [3.63, 3.8) is 0 Å². The molecule has 0 aliphatic carbocycles. The lowest BCUT2D eigenvalue weighted by Crippen LogP contribution is -2.90. The molecule has 0 saturated carbocycles. The average Bonchev–Trinajstić information content (AvgIpc) is 3.64. The molecule has 0 spiro atoms. The first-order valence-corrected chi connectivity index (χ1v) is 16.8. The van der Waals surface area contributed by atoms with E-state index in [-0.39, 0.29) is 0 Å². The van der Waals surface area contributed by atoms with Gasteiger partial charge in [-0.25, -0.2) is 0 Å². The first kappa shape index (κ1) is 45.7. The average molecular weight is 801 g/mol. The molecular formula is C29H52O25. The van der Waals surface area contributed by atoms with Crippen molar-refractivity contribution in [2.75, 3.05) is 33.0 Å². The summed E-state index contributed by atoms with van der Waals surface area (Å²) in [6, 6.07) is 0. The van der Waals surface area contributed by atoms with Gasteiger partial charge in [0.25, 0.3) is 0 Å². The molecule has 4 rings (SSSR count). The van der Waals surface area contributed by atoms with E-state index in [1.807, 2.05) is 0 Å². The molecule has 4 aliphatic heterocycles. The van der Waals surface area contributed by atoms with Crippen LogP contribution in [0.15, 0.2) is 0 Å². The second-order valence-corrected chi connectivity index (χ2v) is 14.1. The van der Waals surface area contributed by atoms with Crippen LogP contribution < -0.4 is 0 Å². The summed E-state index contributed by atoms with van der Waals surface area (Å²) in [6.07, 6.45) is -53.9. The van der Waals surface area contributed by atoms with E-state index >= 15 is 0 Å². The number of hydrogen-bond donors (Lipinski definition) is 21. The van der Waals surface area contributed by atoms with E-state index in [0.717, 1.165) is 0 Å². The molecule has 4 aliphatic rings. The van der Waals surface area contributed by atoms with Gasteiger partial charge in [0.15, 0.2) is 16.8 Å². The molecule has 5 unspecified atom stereocenters. The Bertz CT molecular complexity index is 1220. The smallest absolute Gasteiger partial charge is 0.161 e. The van der Waals surface area contributed by atoms with Crippen LogP contribution in [0.2, 0.25) is 0 Å². The van der Waals surface area contributed by atoms with E-state index < -0.39 is 178 Å². The minimum absolute atomic E-state index is 1.22. The quantitative estimate of drug-likeness (QED) is 0.0775. The van der Waals surface area contributed by atoms with Crippen LogP contribution in [0.4, 0.5) is 0 Å². The summed E-state index contributed by atoms with van der Waals surface area (Å²) in [5.74, 6) is 0. The summed E-state index contributed by atoms with van der Waals surface area (Å²) in [7, 11) is 0. The molecule has 0 aromatic rings. The fourth-order valence-electron chi connectivity index (χ4n) is 8.06. The third-order valence-electron chi connectivity index (χ3n) is 11.1. The fourth-order valence-corrected chi connectivity index (χ4v) is 8.06. The van der Waals surface area contributed by atoms with Gasteiger partial charge in [-0.15, -0.1) is 0 Å². The Morgan fingerprint density at radius 2 is 0.759 bits per heavy atom. The van der Waals surface area contributed by atoms with Gasteiger partial charge < -0.3 is 126 Å². The normalized spacial score (nSPS) is 48.4. The van der Waals surface area contributed by atoms with Gasteiger partial charge in [-0.3, -0.25) is 0 Å². The standard InChI is InChI=1S/C29H52O25/c30-1-6(35)21-15(42)19(46)23(53-21)27(48,10(37)5-34)29(50,26-18(45)14(41)12(39)9(4-33)52-26)28(49,24-17(44)13(40)11(38)8(3-32)51-24)25-20(47)16(43)22(54-25)7(36)2-31/h6-26,30-50H,1-5H2/t6-,7-,8-,9-,10-,11+,12-,13+,14+,15-,16-,17-,18-,19-,20-,21+,22+,23?,24?,25?,26?,27+,28?,29-/m1/s1. The van der Waals surface area contributed by atoms with Gasteiger partial charge in [-0.05, 0) is 0 Å². The van der Waals surface area contributed by atoms with Crippen molar-refractivity contribution in [2.24, 2.45) is 0 Å². The van der Waals surface area contributed by atoms with Crippen LogP contribution in [-0.2, 0) is 18.9 Å². The largest absolute Gasteiger partial charge is 0.394 e. The molecule has 4 heterocycles. The second kappa shape index (κ2) is 17.1. The van der Waals surface area contributed by atoms with Crippen molar-refractivity contribution in [2.45, 2.75) is 145 Å². The first-order valence-electron chi connectivity index (χ1n) is 16.8. The Morgan fingerprint density at radius 1 is 0.407 bits per heavy atom. The van der Waals surface area contributed by atoms with Crippen molar-refractivity contribution in [1.82, 2.24) is 0 Å². The number of aliphatic hydroxyl groups is 21. The highest BCUT2D eigenvalue weighted by molar-refractivity contribution is 5.31. The Balaban J connectivity index is 2.18. The Morgan fingerprint density at radius 3 is 1.17 bits per heavy atom. The number of rotatable bonds is 14. The Kier molecular flexibility index (Phi) is 14.5. The molecule has 0 radical (unpaired) electrons. The molecule has 25 nitrogen and oxygen atoms in total. The van der Waals surface area contributed by atoms with E-state index in [1.165, 1.54) is 0 Å². The Labute approximate surface area is 304 Å². The Hall–Kier alpha value is -1.00. The van der Waals surface area contributed by atoms with E-state index in [1.54, 1.807) is 0 Å². The first-order chi connectivity index (χ1) is 25.1. The molecule has 25 heteroatoms. The third-order valence-corrected chi connectivity index (χ3v) is 11.1. The predicted molar refractivity (Wildman–Crippen MR) is 163 cm³/mol. The van der Waals surface area contributed by atoms with Gasteiger partial charge in [-0.1, -0.05) is 0 Å². The fraction of sp³-hybridized carbons (Fsp3) is 1.00. The second-order valence-electron chi connectivity index (χ2n) is 14.1. The molecule has 54 heavy (non-hydrogen) atoms. The number of ether oxygens (including phenoxy) is 4. The van der Waals surface area contributed by atoms with Crippen LogP contribution in [0.25, 0.3) is 0 Å². The minimum Gasteiger partial charge on any atom is -0.394 e. The third kappa shape index (κ3) is 6.79. The van der Waals surface area contributed by atoms with Gasteiger partial charge in [0.05, 0.1) is 33.0 Å². The van der Waals surface area contributed by atoms with Crippen molar-refractivity contribution in [3.05, 3.63) is 0 Å². The van der Waals surface area contributed by atoms with E-state index in [2.05, 4.69) is 0 Å². The number of aliphatic hydroxyl groups excluding tert-OH is 18. The van der Waals surface area contributed by atoms with Crippen molar-refractivity contribution in [1.29, 1.82) is 0 Å². The maximum atomic E-state index is 13.3. The molecular weight excluding hydrogens is 748 g/mol. The summed E-state index contributed by atoms with van der Waals surface area (Å²) < 4.78 is 21.9. The van der Waals surface area contributed by atoms with Crippen molar-refractivity contribution >= 4 is 0 Å². The van der Waals surface area contributed by atoms with Crippen LogP contribution >= 0.6 is 0 Å². The van der Waals surface area contributed by atoms with Crippen molar-refractivity contribution < 1.29 is 126 Å². The molecule has 0 aromatic carbocycles. The van der Waals surface area contributed by atoms with E-state index in [9.17, 15) is 107 Å². The zero-order valence-corrected chi connectivity index (χ0v) is 28.2. The van der Waals surface area contributed by atoms with Crippen LogP contribution in [0.1, 0.15) is 0 Å². The van der Waals surface area contributed by atoms with Crippen LogP contribution in [0.3, 0.4) is 0 Å².